The molecule has 0 saturated heterocycles. The minimum atomic E-state index is 1.05. The van der Waals surface area contributed by atoms with Gasteiger partial charge in [-0.2, -0.15) is 42.0 Å². The van der Waals surface area contributed by atoms with Crippen LogP contribution in [0.2, 0.25) is 0 Å². The van der Waals surface area contributed by atoms with Crippen molar-refractivity contribution in [2.24, 2.45) is 0 Å². The Hall–Kier alpha value is -3.03. The van der Waals surface area contributed by atoms with Crippen molar-refractivity contribution in [3.8, 4) is 11.1 Å². The Morgan fingerprint density at radius 1 is 0.706 bits per heavy atom. The summed E-state index contributed by atoms with van der Waals surface area (Å²) in [7, 11) is 0. The van der Waals surface area contributed by atoms with Crippen molar-refractivity contribution in [3.63, 3.8) is 0 Å². The Morgan fingerprint density at radius 2 is 1.29 bits per heavy atom. The van der Waals surface area contributed by atoms with Gasteiger partial charge in [-0.25, -0.2) is 12.1 Å². The van der Waals surface area contributed by atoms with Crippen LogP contribution in [0.25, 0.3) is 11.1 Å². The van der Waals surface area contributed by atoms with Crippen LogP contribution >= 0.6 is 0 Å². The summed E-state index contributed by atoms with van der Waals surface area (Å²) in [5.41, 5.74) is 10.9. The van der Waals surface area contributed by atoms with E-state index < -0.39 is 0 Å². The van der Waals surface area contributed by atoms with Gasteiger partial charge >= 0.3 is 98.9 Å². The molecule has 164 valence electrons. The first kappa shape index (κ1) is 24.1. The maximum Gasteiger partial charge on any atom is -0.172 e. The van der Waals surface area contributed by atoms with Crippen molar-refractivity contribution in [3.05, 3.63) is 161 Å². The Balaban J connectivity index is 0.000000134. The molecule has 5 aromatic rings. The van der Waals surface area contributed by atoms with Gasteiger partial charge in [0.1, 0.15) is 0 Å². The van der Waals surface area contributed by atoms with Crippen LogP contribution in [-0.4, -0.2) is 3.26 Å². The zero-order valence-electron chi connectivity index (χ0n) is 19.8. The number of hydrogen-bond acceptors (Lipinski definition) is 0. The molecular formula is C33H28Hf. The number of rotatable bonds is 2. The first-order chi connectivity index (χ1) is 16.6. The Morgan fingerprint density at radius 3 is 1.85 bits per heavy atom. The Kier molecular flexibility index (Phi) is 8.44. The molecule has 0 saturated carbocycles. The summed E-state index contributed by atoms with van der Waals surface area (Å²) in [4.78, 5) is 0. The van der Waals surface area contributed by atoms with E-state index in [1.807, 2.05) is 30.3 Å². The molecule has 0 atom stereocenters. The van der Waals surface area contributed by atoms with Crippen LogP contribution < -0.4 is 0 Å². The van der Waals surface area contributed by atoms with Crippen LogP contribution in [0, 0.1) is 19.9 Å². The van der Waals surface area contributed by atoms with E-state index in [-0.39, 0.29) is 0 Å². The largest absolute Gasteiger partial charge is 0.214 e. The molecule has 0 amide bonds. The molecule has 0 spiro atoms. The van der Waals surface area contributed by atoms with E-state index in [0.717, 1.165) is 30.3 Å². The molecule has 0 heterocycles. The van der Waals surface area contributed by atoms with Gasteiger partial charge in [0.15, 0.2) is 0 Å². The molecule has 1 aliphatic rings. The van der Waals surface area contributed by atoms with E-state index in [0.29, 0.717) is 0 Å². The van der Waals surface area contributed by atoms with Crippen LogP contribution in [0.5, 0.6) is 0 Å². The van der Waals surface area contributed by atoms with Crippen LogP contribution in [0.3, 0.4) is 0 Å². The summed E-state index contributed by atoms with van der Waals surface area (Å²) in [5, 5.41) is 0. The first-order valence-electron chi connectivity index (χ1n) is 11.6. The number of fused-ring (bicyclic) bond motifs is 3. The standard InChI is InChI=1S/C15H13.C13H10.C5H5.Hf/c1-10-3-5-14-12(7-10)9-13-8-11(2)4-6-15(13)14;1-3-7-12(8-4-1)11-13-9-5-2-6-10-13;1-2-4-5-3-1;/h3-7H,9H2,1-2H3;1-10H;1-5H;/q-1;;-1;+2. The van der Waals surface area contributed by atoms with E-state index in [9.17, 15) is 0 Å². The molecule has 0 unspecified atom stereocenters. The molecular weight excluding hydrogens is 575 g/mol. The van der Waals surface area contributed by atoms with Gasteiger partial charge in [-0.05, 0) is 18.9 Å². The van der Waals surface area contributed by atoms with Crippen LogP contribution in [0.4, 0.5) is 0 Å². The molecule has 0 aromatic heterocycles. The molecule has 0 nitrogen and oxygen atoms in total. The van der Waals surface area contributed by atoms with Gasteiger partial charge < -0.3 is 0 Å². The fourth-order valence-electron chi connectivity index (χ4n) is 4.07. The second-order valence-electron chi connectivity index (χ2n) is 8.44. The fourth-order valence-corrected chi connectivity index (χ4v) is 5.26. The average molecular weight is 603 g/mol. The van der Waals surface area contributed by atoms with Gasteiger partial charge in [-0.15, -0.1) is 11.1 Å². The third-order valence-corrected chi connectivity index (χ3v) is 7.85. The van der Waals surface area contributed by atoms with E-state index in [1.165, 1.54) is 47.8 Å². The molecule has 1 aliphatic carbocycles. The van der Waals surface area contributed by atoms with E-state index in [4.69, 9.17) is 0 Å². The van der Waals surface area contributed by atoms with Crippen molar-refractivity contribution >= 4 is 3.26 Å². The second kappa shape index (κ2) is 11.9. The van der Waals surface area contributed by atoms with Gasteiger partial charge in [-0.3, -0.25) is 0 Å². The van der Waals surface area contributed by atoms with Gasteiger partial charge in [-0.1, -0.05) is 36.2 Å². The molecule has 5 aromatic carbocycles. The maximum atomic E-state index is 3.45. The topological polar surface area (TPSA) is 0 Å². The molecule has 0 aliphatic heterocycles. The van der Waals surface area contributed by atoms with Crippen molar-refractivity contribution in [1.29, 1.82) is 0 Å². The molecule has 34 heavy (non-hydrogen) atoms. The number of benzene rings is 4. The van der Waals surface area contributed by atoms with Crippen LogP contribution in [-0.2, 0) is 30.3 Å². The van der Waals surface area contributed by atoms with Gasteiger partial charge in [0, 0.05) is 0 Å². The number of hydrogen-bond donors (Lipinski definition) is 0. The Bertz CT molecular complexity index is 1220. The van der Waals surface area contributed by atoms with Crippen molar-refractivity contribution in [2.75, 3.05) is 0 Å². The van der Waals surface area contributed by atoms with Gasteiger partial charge in [0.2, 0.25) is 0 Å². The van der Waals surface area contributed by atoms with E-state index >= 15 is 0 Å². The summed E-state index contributed by atoms with van der Waals surface area (Å²) in [6, 6.07) is 45.7. The Labute approximate surface area is 218 Å². The average Bonchev–Trinajstić information content (AvgIpc) is 3.56. The van der Waals surface area contributed by atoms with Gasteiger partial charge in [0.05, 0.1) is 0 Å². The van der Waals surface area contributed by atoms with Crippen molar-refractivity contribution < 1.29 is 23.9 Å². The minimum Gasteiger partial charge on any atom is -0.214 e. The fraction of sp³-hybridized carbons (Fsp3) is 0.0909. The van der Waals surface area contributed by atoms with E-state index in [2.05, 4.69) is 111 Å². The summed E-state index contributed by atoms with van der Waals surface area (Å²) in [5.74, 6) is 0. The molecule has 0 N–H and O–H groups in total. The van der Waals surface area contributed by atoms with Crippen LogP contribution in [0.1, 0.15) is 33.4 Å². The smallest absolute Gasteiger partial charge is 0.172 e. The molecule has 6 rings (SSSR count). The molecule has 0 fully saturated rings. The van der Waals surface area contributed by atoms with E-state index in [1.54, 1.807) is 0 Å². The normalized spacial score (nSPS) is 10.7. The second-order valence-corrected chi connectivity index (χ2v) is 10.2. The predicted molar refractivity (Wildman–Crippen MR) is 141 cm³/mol. The summed E-state index contributed by atoms with van der Waals surface area (Å²) < 4.78 is 1.46. The molecule has 0 radical (unpaired) electrons. The van der Waals surface area contributed by atoms with Crippen molar-refractivity contribution in [1.82, 2.24) is 0 Å². The third kappa shape index (κ3) is 6.30. The summed E-state index contributed by atoms with van der Waals surface area (Å²) in [6.45, 7) is 4.26. The maximum absolute atomic E-state index is 3.45. The van der Waals surface area contributed by atoms with Crippen molar-refractivity contribution in [2.45, 2.75) is 20.3 Å². The predicted octanol–water partition coefficient (Wildman–Crippen LogP) is 7.88. The summed E-state index contributed by atoms with van der Waals surface area (Å²) in [6.07, 6.45) is 1.05. The SMILES string of the molecule is Cc1[c-]c2c(cc1)-c1ccc(C)cc1C2.[Hf+2]=[C](c1ccccc1)c1ccccc1.c1cc[cH-]c1. The molecule has 0 bridgehead atoms. The zero-order valence-corrected chi connectivity index (χ0v) is 23.3. The molecule has 1 heteroatoms. The first-order valence-corrected chi connectivity index (χ1v) is 13.4. The zero-order chi connectivity index (χ0) is 23.8. The summed E-state index contributed by atoms with van der Waals surface area (Å²) >= 11 is 1.08. The monoisotopic (exact) mass is 604 g/mol. The third-order valence-electron chi connectivity index (χ3n) is 5.77. The minimum absolute atomic E-state index is 1.05. The quantitative estimate of drug-likeness (QED) is 0.140. The van der Waals surface area contributed by atoms with Gasteiger partial charge in [0.25, 0.3) is 0 Å². The van der Waals surface area contributed by atoms with Crippen LogP contribution in [0.15, 0.2) is 121 Å². The number of aryl methyl sites for hydroxylation is 2.